The van der Waals surface area contributed by atoms with Gasteiger partial charge < -0.3 is 24.2 Å². The van der Waals surface area contributed by atoms with Crippen molar-refractivity contribution in [2.45, 2.75) is 84.2 Å². The standard InChI is InChI=1S/C39H47FN4O5/c1-9-13-25(3)48-31-17-12-16-29(40)34(31)28-15-11-14-27(23-28)30-24-32-41-26(4)33(35(37(45)46)49-38(5,6)7)36(44(32)42-30)43-20-18-39(8,19-21-43)47-22-10-2/h9-12,14-17,23-25,35H,1-2,13,18-22H2,3-8H3,(H,45,46). The lowest BCUT2D eigenvalue weighted by Gasteiger charge is -2.41. The van der Waals surface area contributed by atoms with E-state index in [9.17, 15) is 9.90 Å². The fraction of sp³-hybridized carbons (Fsp3) is 0.410. The second-order valence-electron chi connectivity index (χ2n) is 13.9. The summed E-state index contributed by atoms with van der Waals surface area (Å²) in [6, 6.07) is 14.2. The van der Waals surface area contributed by atoms with Crippen molar-refractivity contribution >= 4 is 17.4 Å². The van der Waals surface area contributed by atoms with Gasteiger partial charge in [-0.2, -0.15) is 9.61 Å². The molecule has 5 rings (SSSR count). The summed E-state index contributed by atoms with van der Waals surface area (Å²) in [6.45, 7) is 20.5. The second kappa shape index (κ2) is 14.5. The van der Waals surface area contributed by atoms with Crippen molar-refractivity contribution in [1.29, 1.82) is 0 Å². The number of carboxylic acids is 1. The molecule has 2 aromatic heterocycles. The van der Waals surface area contributed by atoms with E-state index in [4.69, 9.17) is 24.3 Å². The molecule has 2 atom stereocenters. The van der Waals surface area contributed by atoms with E-state index in [-0.39, 0.29) is 11.7 Å². The molecule has 3 heterocycles. The molecular weight excluding hydrogens is 623 g/mol. The van der Waals surface area contributed by atoms with Gasteiger partial charge in [0, 0.05) is 36.8 Å². The zero-order chi connectivity index (χ0) is 35.5. The van der Waals surface area contributed by atoms with Crippen molar-refractivity contribution in [2.75, 3.05) is 24.6 Å². The topological polar surface area (TPSA) is 98.4 Å². The Hall–Kier alpha value is -4.54. The number of aryl methyl sites for hydroxylation is 1. The zero-order valence-corrected chi connectivity index (χ0v) is 29.3. The van der Waals surface area contributed by atoms with Gasteiger partial charge in [0.2, 0.25) is 0 Å². The molecule has 4 aromatic rings. The average molecular weight is 671 g/mol. The van der Waals surface area contributed by atoms with Crippen molar-refractivity contribution in [3.05, 3.63) is 90.9 Å². The van der Waals surface area contributed by atoms with Gasteiger partial charge >= 0.3 is 5.97 Å². The highest BCUT2D eigenvalue weighted by atomic mass is 19.1. The van der Waals surface area contributed by atoms with E-state index in [0.717, 1.165) is 18.4 Å². The minimum absolute atomic E-state index is 0.181. The van der Waals surface area contributed by atoms with Crippen LogP contribution in [0.3, 0.4) is 0 Å². The summed E-state index contributed by atoms with van der Waals surface area (Å²) in [6.07, 6.45) is 4.11. The van der Waals surface area contributed by atoms with Crippen LogP contribution in [0.1, 0.15) is 71.2 Å². The van der Waals surface area contributed by atoms with Crippen LogP contribution in [0.25, 0.3) is 28.0 Å². The predicted molar refractivity (Wildman–Crippen MR) is 191 cm³/mol. The summed E-state index contributed by atoms with van der Waals surface area (Å²) >= 11 is 0. The van der Waals surface area contributed by atoms with Gasteiger partial charge in [0.1, 0.15) is 17.4 Å². The highest BCUT2D eigenvalue weighted by Gasteiger charge is 2.37. The Bertz CT molecular complexity index is 1840. The maximum Gasteiger partial charge on any atom is 0.337 e. The summed E-state index contributed by atoms with van der Waals surface area (Å²) in [5, 5.41) is 15.5. The largest absolute Gasteiger partial charge is 0.490 e. The number of hydrogen-bond acceptors (Lipinski definition) is 7. The van der Waals surface area contributed by atoms with E-state index in [2.05, 4.69) is 25.0 Å². The first kappa shape index (κ1) is 35.8. The number of aliphatic carboxylic acids is 1. The molecule has 10 heteroatoms. The van der Waals surface area contributed by atoms with Crippen molar-refractivity contribution in [3.8, 4) is 28.1 Å². The number of ether oxygens (including phenoxy) is 3. The zero-order valence-electron chi connectivity index (χ0n) is 29.3. The van der Waals surface area contributed by atoms with Gasteiger partial charge in [0.15, 0.2) is 11.8 Å². The summed E-state index contributed by atoms with van der Waals surface area (Å²) in [4.78, 5) is 19.8. The molecule has 0 aliphatic carbocycles. The van der Waals surface area contributed by atoms with Crippen LogP contribution in [0.15, 0.2) is 73.8 Å². The van der Waals surface area contributed by atoms with E-state index in [1.54, 1.807) is 28.8 Å². The summed E-state index contributed by atoms with van der Waals surface area (Å²) in [7, 11) is 0. The van der Waals surface area contributed by atoms with E-state index >= 15 is 4.39 Å². The molecule has 1 aliphatic heterocycles. The molecule has 0 radical (unpaired) electrons. The summed E-state index contributed by atoms with van der Waals surface area (Å²) in [5.41, 5.74) is 2.81. The minimum atomic E-state index is -1.28. The number of aromatic nitrogens is 3. The molecule has 0 amide bonds. The van der Waals surface area contributed by atoms with Gasteiger partial charge in [-0.25, -0.2) is 14.2 Å². The number of carbonyl (C=O) groups is 1. The lowest BCUT2D eigenvalue weighted by molar-refractivity contribution is -0.160. The number of halogens is 1. The van der Waals surface area contributed by atoms with Gasteiger partial charge in [0.05, 0.1) is 40.7 Å². The first-order valence-electron chi connectivity index (χ1n) is 16.7. The maximum absolute atomic E-state index is 15.4. The van der Waals surface area contributed by atoms with Crippen LogP contribution in [0.5, 0.6) is 5.75 Å². The molecule has 1 aliphatic rings. The number of benzene rings is 2. The van der Waals surface area contributed by atoms with Gasteiger partial charge in [-0.05, 0) is 78.1 Å². The predicted octanol–water partition coefficient (Wildman–Crippen LogP) is 8.36. The van der Waals surface area contributed by atoms with Gasteiger partial charge in [-0.15, -0.1) is 13.2 Å². The fourth-order valence-electron chi connectivity index (χ4n) is 6.27. The Morgan fingerprint density at radius 3 is 2.45 bits per heavy atom. The Labute approximate surface area is 288 Å². The normalized spacial score (nSPS) is 15.9. The number of anilines is 1. The van der Waals surface area contributed by atoms with E-state index in [1.165, 1.54) is 6.07 Å². The number of rotatable bonds is 13. The Balaban J connectivity index is 1.63. The molecule has 1 saturated heterocycles. The van der Waals surface area contributed by atoms with Crippen molar-refractivity contribution < 1.29 is 28.5 Å². The Kier molecular flexibility index (Phi) is 10.6. The van der Waals surface area contributed by atoms with Crippen LogP contribution in [-0.4, -0.2) is 62.7 Å². The number of carboxylic acid groups (broad SMARTS) is 1. The van der Waals surface area contributed by atoms with Gasteiger partial charge in [-0.1, -0.05) is 36.4 Å². The van der Waals surface area contributed by atoms with Crippen molar-refractivity contribution in [1.82, 2.24) is 14.6 Å². The quantitative estimate of drug-likeness (QED) is 0.142. The third-order valence-electron chi connectivity index (χ3n) is 8.68. The molecule has 1 fully saturated rings. The van der Waals surface area contributed by atoms with Gasteiger partial charge in [-0.3, -0.25) is 0 Å². The van der Waals surface area contributed by atoms with Crippen LogP contribution in [-0.2, 0) is 14.3 Å². The first-order chi connectivity index (χ1) is 23.2. The maximum atomic E-state index is 15.4. The lowest BCUT2D eigenvalue weighted by Crippen LogP contribution is -2.45. The highest BCUT2D eigenvalue weighted by Crippen LogP contribution is 2.39. The molecule has 9 nitrogen and oxygen atoms in total. The van der Waals surface area contributed by atoms with Crippen LogP contribution in [0.4, 0.5) is 10.2 Å². The molecule has 260 valence electrons. The molecule has 49 heavy (non-hydrogen) atoms. The van der Waals surface area contributed by atoms with Crippen molar-refractivity contribution in [2.24, 2.45) is 0 Å². The molecular formula is C39H47FN4O5. The molecule has 2 aromatic carbocycles. The molecule has 0 saturated carbocycles. The van der Waals surface area contributed by atoms with Crippen LogP contribution < -0.4 is 9.64 Å². The van der Waals surface area contributed by atoms with Crippen LogP contribution in [0.2, 0.25) is 0 Å². The van der Waals surface area contributed by atoms with Crippen molar-refractivity contribution in [3.63, 3.8) is 0 Å². The van der Waals surface area contributed by atoms with E-state index < -0.39 is 23.5 Å². The van der Waals surface area contributed by atoms with E-state index in [1.807, 2.05) is 65.0 Å². The second-order valence-corrected chi connectivity index (χ2v) is 13.9. The third-order valence-corrected chi connectivity index (χ3v) is 8.68. The average Bonchev–Trinajstić information content (AvgIpc) is 3.46. The highest BCUT2D eigenvalue weighted by molar-refractivity contribution is 5.80. The molecule has 0 spiro atoms. The summed E-state index contributed by atoms with van der Waals surface area (Å²) < 4.78 is 35.5. The monoisotopic (exact) mass is 670 g/mol. The number of nitrogens with zero attached hydrogens (tertiary/aromatic N) is 4. The van der Waals surface area contributed by atoms with E-state index in [0.29, 0.717) is 71.4 Å². The first-order valence-corrected chi connectivity index (χ1v) is 16.7. The Morgan fingerprint density at radius 1 is 1.10 bits per heavy atom. The number of fused-ring (bicyclic) bond motifs is 1. The van der Waals surface area contributed by atoms with Gasteiger partial charge in [0.25, 0.3) is 0 Å². The lowest BCUT2D eigenvalue weighted by atomic mass is 9.92. The SMILES string of the molecule is C=CCOC1(C)CCN(c2c(C(OC(C)(C)C)C(=O)O)c(C)nc3cc(-c4cccc(-c5c(F)cccc5OC(C)CC=C)c4)nn23)CC1. The summed E-state index contributed by atoms with van der Waals surface area (Å²) in [5.74, 6) is -0.443. The molecule has 2 unspecified atom stereocenters. The number of hydrogen-bond donors (Lipinski definition) is 1. The third kappa shape index (κ3) is 8.03. The molecule has 0 bridgehead atoms. The Morgan fingerprint density at radius 2 is 1.80 bits per heavy atom. The smallest absolute Gasteiger partial charge is 0.337 e. The fourth-order valence-corrected chi connectivity index (χ4v) is 6.27. The number of piperidine rings is 1. The van der Waals surface area contributed by atoms with Crippen LogP contribution in [0, 0.1) is 12.7 Å². The molecule has 1 N–H and O–H groups in total. The van der Waals surface area contributed by atoms with Crippen LogP contribution >= 0.6 is 0 Å². The minimum Gasteiger partial charge on any atom is -0.490 e.